The van der Waals surface area contributed by atoms with Gasteiger partial charge < -0.3 is 25.4 Å². The highest BCUT2D eigenvalue weighted by Gasteiger charge is 2.35. The van der Waals surface area contributed by atoms with Crippen LogP contribution in [0.4, 0.5) is 17.1 Å². The molecule has 3 heterocycles. The summed E-state index contributed by atoms with van der Waals surface area (Å²) in [6, 6.07) is 26.7. The first-order valence-electron chi connectivity index (χ1n) is 14.1. The van der Waals surface area contributed by atoms with E-state index in [1.54, 1.807) is 6.07 Å². The first-order valence-corrected chi connectivity index (χ1v) is 14.9. The van der Waals surface area contributed by atoms with Crippen LogP contribution in [0.25, 0.3) is 0 Å². The third-order valence-corrected chi connectivity index (χ3v) is 8.61. The van der Waals surface area contributed by atoms with E-state index in [1.165, 1.54) is 0 Å². The smallest absolute Gasteiger partial charge is 0.251 e. The summed E-state index contributed by atoms with van der Waals surface area (Å²) in [5.41, 5.74) is 6.27. The molecule has 0 radical (unpaired) electrons. The van der Waals surface area contributed by atoms with Crippen LogP contribution in [-0.4, -0.2) is 28.7 Å². The van der Waals surface area contributed by atoms with E-state index in [4.69, 9.17) is 23.8 Å². The lowest BCUT2D eigenvalue weighted by Gasteiger charge is -2.44. The summed E-state index contributed by atoms with van der Waals surface area (Å²) in [4.78, 5) is 28.1. The number of fused-ring (bicyclic) bond motifs is 4. The molecule has 1 fully saturated rings. The van der Waals surface area contributed by atoms with E-state index >= 15 is 0 Å². The first-order chi connectivity index (χ1) is 20.3. The number of thiocarbonyl (C=S) groups is 1. The Labute approximate surface area is 255 Å². The van der Waals surface area contributed by atoms with Crippen LogP contribution >= 0.6 is 23.8 Å². The Morgan fingerprint density at radius 2 is 1.76 bits per heavy atom. The summed E-state index contributed by atoms with van der Waals surface area (Å²) in [6.07, 6.45) is 1.05. The van der Waals surface area contributed by atoms with Crippen molar-refractivity contribution in [1.82, 2.24) is 9.88 Å². The van der Waals surface area contributed by atoms with Crippen LogP contribution in [0.3, 0.4) is 0 Å². The number of hydrogen-bond donors (Lipinski definition) is 3. The van der Waals surface area contributed by atoms with Gasteiger partial charge in [-0.2, -0.15) is 0 Å². The zero-order valence-electron chi connectivity index (χ0n) is 23.3. The lowest BCUT2D eigenvalue weighted by atomic mass is 9.83. The fourth-order valence-corrected chi connectivity index (χ4v) is 6.42. The highest BCUT2D eigenvalue weighted by molar-refractivity contribution is 7.80. The highest BCUT2D eigenvalue weighted by atomic mass is 35.5. The maximum absolute atomic E-state index is 13.2. The van der Waals surface area contributed by atoms with E-state index in [2.05, 4.69) is 26.9 Å². The SMILES string of the molecule is Cc1ccc(NC(=S)Nc2cc(C(=O)NCc3ccccc3Cl)ccc2N2CC3CC(C2)c2cccc(=O)n2C3)cc1. The molecule has 4 aromatic rings. The van der Waals surface area contributed by atoms with Gasteiger partial charge in [0.1, 0.15) is 0 Å². The number of benzene rings is 3. The molecule has 0 spiro atoms. The molecule has 3 N–H and O–H groups in total. The lowest BCUT2D eigenvalue weighted by Crippen LogP contribution is -2.47. The summed E-state index contributed by atoms with van der Waals surface area (Å²) in [5, 5.41) is 10.7. The predicted molar refractivity (Wildman–Crippen MR) is 174 cm³/mol. The van der Waals surface area contributed by atoms with Crippen molar-refractivity contribution < 1.29 is 4.79 Å². The minimum atomic E-state index is -0.203. The van der Waals surface area contributed by atoms with Crippen molar-refractivity contribution in [2.45, 2.75) is 32.4 Å². The minimum absolute atomic E-state index is 0.0673. The molecule has 214 valence electrons. The first kappa shape index (κ1) is 28.0. The third-order valence-electron chi connectivity index (χ3n) is 8.03. The third kappa shape index (κ3) is 6.05. The second-order valence-electron chi connectivity index (χ2n) is 11.1. The van der Waals surface area contributed by atoms with Crippen molar-refractivity contribution in [3.63, 3.8) is 0 Å². The molecule has 0 aliphatic carbocycles. The lowest BCUT2D eigenvalue weighted by molar-refractivity contribution is 0.0951. The van der Waals surface area contributed by atoms with Crippen LogP contribution < -0.4 is 26.4 Å². The van der Waals surface area contributed by atoms with Gasteiger partial charge in [0.05, 0.1) is 11.4 Å². The molecule has 2 unspecified atom stereocenters. The molecule has 0 saturated carbocycles. The van der Waals surface area contributed by atoms with Crippen molar-refractivity contribution >= 4 is 51.9 Å². The fraction of sp³-hybridized carbons (Fsp3) is 0.242. The number of nitrogens with zero attached hydrogens (tertiary/aromatic N) is 2. The van der Waals surface area contributed by atoms with E-state index in [-0.39, 0.29) is 17.4 Å². The number of carbonyl (C=O) groups excluding carboxylic acids is 1. The van der Waals surface area contributed by atoms with Crippen molar-refractivity contribution in [3.05, 3.63) is 123 Å². The number of carbonyl (C=O) groups is 1. The zero-order chi connectivity index (χ0) is 29.2. The Balaban J connectivity index is 1.27. The molecule has 7 nitrogen and oxygen atoms in total. The molecule has 2 atom stereocenters. The monoisotopic (exact) mass is 597 g/mol. The average Bonchev–Trinajstić information content (AvgIpc) is 2.98. The number of piperidine rings is 1. The Morgan fingerprint density at radius 3 is 2.57 bits per heavy atom. The van der Waals surface area contributed by atoms with Gasteiger partial charge in [0.2, 0.25) is 0 Å². The Morgan fingerprint density at radius 1 is 0.952 bits per heavy atom. The number of hydrogen-bond acceptors (Lipinski definition) is 4. The van der Waals surface area contributed by atoms with E-state index < -0.39 is 0 Å². The minimum Gasteiger partial charge on any atom is -0.369 e. The molecule has 2 aliphatic rings. The molecular weight excluding hydrogens is 566 g/mol. The number of rotatable bonds is 6. The van der Waals surface area contributed by atoms with E-state index in [0.717, 1.165) is 53.4 Å². The summed E-state index contributed by atoms with van der Waals surface area (Å²) in [5.74, 6) is 0.390. The number of amides is 1. The predicted octanol–water partition coefficient (Wildman–Crippen LogP) is 6.17. The molecule has 2 bridgehead atoms. The van der Waals surface area contributed by atoms with Crippen molar-refractivity contribution in [1.29, 1.82) is 0 Å². The number of aromatic nitrogens is 1. The second kappa shape index (κ2) is 12.0. The molecule has 9 heteroatoms. The van der Waals surface area contributed by atoms with Gasteiger partial charge in [-0.1, -0.05) is 53.6 Å². The molecule has 6 rings (SSSR count). The van der Waals surface area contributed by atoms with Gasteiger partial charge in [-0.3, -0.25) is 9.59 Å². The van der Waals surface area contributed by atoms with Gasteiger partial charge in [-0.15, -0.1) is 0 Å². The average molecular weight is 598 g/mol. The van der Waals surface area contributed by atoms with Gasteiger partial charge >= 0.3 is 0 Å². The van der Waals surface area contributed by atoms with Crippen molar-refractivity contribution in [3.8, 4) is 0 Å². The second-order valence-corrected chi connectivity index (χ2v) is 11.9. The maximum Gasteiger partial charge on any atom is 0.251 e. The summed E-state index contributed by atoms with van der Waals surface area (Å²) in [7, 11) is 0. The Kier molecular flexibility index (Phi) is 8.00. The van der Waals surface area contributed by atoms with Gasteiger partial charge in [-0.05, 0) is 79.5 Å². The molecule has 1 saturated heterocycles. The summed E-state index contributed by atoms with van der Waals surface area (Å²) < 4.78 is 1.93. The topological polar surface area (TPSA) is 78.4 Å². The molecule has 2 aliphatic heterocycles. The van der Waals surface area contributed by atoms with Gasteiger partial charge in [0, 0.05) is 60.1 Å². The highest BCUT2D eigenvalue weighted by Crippen LogP contribution is 2.39. The van der Waals surface area contributed by atoms with Crippen LogP contribution in [-0.2, 0) is 13.1 Å². The molecule has 1 aromatic heterocycles. The summed E-state index contributed by atoms with van der Waals surface area (Å²) in [6.45, 7) is 4.65. The van der Waals surface area contributed by atoms with Gasteiger partial charge in [0.15, 0.2) is 5.11 Å². The van der Waals surface area contributed by atoms with E-state index in [1.807, 2.05) is 84.3 Å². The summed E-state index contributed by atoms with van der Waals surface area (Å²) >= 11 is 12.0. The van der Waals surface area contributed by atoms with Crippen LogP contribution in [0.5, 0.6) is 0 Å². The van der Waals surface area contributed by atoms with Crippen LogP contribution in [0.2, 0.25) is 5.02 Å². The Bertz CT molecular complexity index is 1700. The molecular formula is C33H32ClN5O2S. The number of aryl methyl sites for hydroxylation is 1. The number of nitrogens with one attached hydrogen (secondary N) is 3. The van der Waals surface area contributed by atoms with Crippen LogP contribution in [0.15, 0.2) is 89.7 Å². The quantitative estimate of drug-likeness (QED) is 0.231. The fourth-order valence-electron chi connectivity index (χ4n) is 5.99. The molecule has 3 aromatic carbocycles. The van der Waals surface area contributed by atoms with Crippen LogP contribution in [0.1, 0.15) is 39.5 Å². The largest absolute Gasteiger partial charge is 0.369 e. The van der Waals surface area contributed by atoms with E-state index in [0.29, 0.717) is 34.7 Å². The van der Waals surface area contributed by atoms with Crippen molar-refractivity contribution in [2.24, 2.45) is 5.92 Å². The van der Waals surface area contributed by atoms with Gasteiger partial charge in [0.25, 0.3) is 11.5 Å². The maximum atomic E-state index is 13.2. The van der Waals surface area contributed by atoms with E-state index in [9.17, 15) is 9.59 Å². The van der Waals surface area contributed by atoms with Crippen molar-refractivity contribution in [2.75, 3.05) is 28.6 Å². The van der Waals surface area contributed by atoms with Crippen LogP contribution in [0, 0.1) is 12.8 Å². The van der Waals surface area contributed by atoms with Gasteiger partial charge in [-0.25, -0.2) is 0 Å². The number of pyridine rings is 1. The zero-order valence-corrected chi connectivity index (χ0v) is 24.8. The standard InChI is InChI=1S/C33H32ClN5O2S/c1-21-9-12-26(13-10-21)36-33(42)37-28-16-23(32(41)35-17-24-5-2-3-6-27(24)34)11-14-30(28)38-18-22-15-25(20-38)29-7-4-8-31(40)39(29)19-22/h2-14,16,22,25H,15,17-20H2,1H3,(H,35,41)(H2,36,37,42). The number of halogens is 1. The normalized spacial score (nSPS) is 17.2. The number of anilines is 3. The Hall–Kier alpha value is -4.14. The molecule has 1 amide bonds. The molecule has 42 heavy (non-hydrogen) atoms.